The van der Waals surface area contributed by atoms with E-state index in [1.165, 1.54) is 5.69 Å². The van der Waals surface area contributed by atoms with Gasteiger partial charge in [-0.1, -0.05) is 41.5 Å². The van der Waals surface area contributed by atoms with Crippen molar-refractivity contribution in [2.45, 2.75) is 67.0 Å². The summed E-state index contributed by atoms with van der Waals surface area (Å²) in [4.78, 5) is 0. The number of aromatic nitrogens is 1. The molecule has 0 saturated carbocycles. The maximum atomic E-state index is 10.3. The van der Waals surface area contributed by atoms with Crippen molar-refractivity contribution in [1.29, 1.82) is 0 Å². The summed E-state index contributed by atoms with van der Waals surface area (Å²) in [5, 5.41) is 10.3. The van der Waals surface area contributed by atoms with Crippen molar-refractivity contribution < 1.29 is 5.11 Å². The van der Waals surface area contributed by atoms with E-state index in [-0.39, 0.29) is 11.5 Å². The Bertz CT molecular complexity index is 448. The lowest BCUT2D eigenvalue weighted by molar-refractivity contribution is 0.0971. The van der Waals surface area contributed by atoms with Gasteiger partial charge in [-0.2, -0.15) is 0 Å². The lowest BCUT2D eigenvalue weighted by Crippen LogP contribution is -2.29. The molecular weight excluding hydrogens is 246 g/mol. The Hall–Kier alpha value is -0.760. The summed E-state index contributed by atoms with van der Waals surface area (Å²) < 4.78 is 2.41. The minimum Gasteiger partial charge on any atom is -0.388 e. The lowest BCUT2D eigenvalue weighted by atomic mass is 9.75. The van der Waals surface area contributed by atoms with Crippen LogP contribution in [0.2, 0.25) is 0 Å². The first-order chi connectivity index (χ1) is 9.21. The first-order valence-electron chi connectivity index (χ1n) is 8.07. The standard InChI is InChI=1S/C18H31NO/c1-12(2)15(13(3)4)11-19-8-7-14-16(19)9-18(5,6)10-17(14)20/h7-8,12-13,15,17,20H,9-11H2,1-6H3. The van der Waals surface area contributed by atoms with Crippen LogP contribution in [-0.4, -0.2) is 9.67 Å². The zero-order valence-corrected chi connectivity index (χ0v) is 14.0. The molecule has 1 N–H and O–H groups in total. The van der Waals surface area contributed by atoms with Gasteiger partial charge in [0.1, 0.15) is 0 Å². The van der Waals surface area contributed by atoms with E-state index in [0.29, 0.717) is 17.8 Å². The van der Waals surface area contributed by atoms with Gasteiger partial charge in [-0.25, -0.2) is 0 Å². The SMILES string of the molecule is CC(C)C(Cn1ccc2c1CC(C)(C)CC2O)C(C)C. The van der Waals surface area contributed by atoms with Crippen LogP contribution in [0.1, 0.15) is 65.3 Å². The lowest BCUT2D eigenvalue weighted by Gasteiger charge is -2.35. The normalized spacial score (nSPS) is 21.8. The molecule has 0 saturated heterocycles. The molecule has 1 aliphatic carbocycles. The molecule has 114 valence electrons. The third-order valence-electron chi connectivity index (χ3n) is 4.99. The fraction of sp³-hybridized carbons (Fsp3) is 0.778. The van der Waals surface area contributed by atoms with E-state index in [9.17, 15) is 5.11 Å². The van der Waals surface area contributed by atoms with E-state index in [4.69, 9.17) is 0 Å². The van der Waals surface area contributed by atoms with E-state index in [1.54, 1.807) is 0 Å². The first kappa shape index (κ1) is 15.6. The molecule has 0 aromatic carbocycles. The topological polar surface area (TPSA) is 25.2 Å². The molecule has 0 aliphatic heterocycles. The van der Waals surface area contributed by atoms with Crippen molar-refractivity contribution in [3.05, 3.63) is 23.5 Å². The van der Waals surface area contributed by atoms with Gasteiger partial charge < -0.3 is 9.67 Å². The molecule has 2 rings (SSSR count). The highest BCUT2D eigenvalue weighted by atomic mass is 16.3. The van der Waals surface area contributed by atoms with E-state index in [2.05, 4.69) is 58.4 Å². The number of aliphatic hydroxyl groups excluding tert-OH is 1. The Morgan fingerprint density at radius 2 is 1.85 bits per heavy atom. The number of hydrogen-bond donors (Lipinski definition) is 1. The van der Waals surface area contributed by atoms with E-state index in [1.807, 2.05) is 0 Å². The molecule has 1 aromatic rings. The smallest absolute Gasteiger partial charge is 0.0812 e. The quantitative estimate of drug-likeness (QED) is 0.865. The molecule has 0 fully saturated rings. The number of aliphatic hydroxyl groups is 1. The fourth-order valence-electron chi connectivity index (χ4n) is 3.78. The monoisotopic (exact) mass is 277 g/mol. The van der Waals surface area contributed by atoms with E-state index < -0.39 is 0 Å². The third kappa shape index (κ3) is 3.11. The maximum Gasteiger partial charge on any atom is 0.0812 e. The molecule has 1 atom stereocenters. The van der Waals surface area contributed by atoms with Crippen molar-refractivity contribution in [2.75, 3.05) is 0 Å². The van der Waals surface area contributed by atoms with Crippen molar-refractivity contribution in [2.24, 2.45) is 23.2 Å². The van der Waals surface area contributed by atoms with Gasteiger partial charge in [0.2, 0.25) is 0 Å². The highest BCUT2D eigenvalue weighted by Gasteiger charge is 2.33. The van der Waals surface area contributed by atoms with Gasteiger partial charge in [0.25, 0.3) is 0 Å². The zero-order chi connectivity index (χ0) is 15.1. The second kappa shape index (κ2) is 5.55. The van der Waals surface area contributed by atoms with Crippen LogP contribution in [0.15, 0.2) is 12.3 Å². The summed E-state index contributed by atoms with van der Waals surface area (Å²) in [5.41, 5.74) is 2.73. The van der Waals surface area contributed by atoms with Crippen LogP contribution in [0.3, 0.4) is 0 Å². The van der Waals surface area contributed by atoms with Crippen molar-refractivity contribution in [3.8, 4) is 0 Å². The summed E-state index contributed by atoms with van der Waals surface area (Å²) in [6.07, 6.45) is 3.86. The second-order valence-corrected chi connectivity index (χ2v) is 8.08. The molecule has 1 unspecified atom stereocenters. The van der Waals surface area contributed by atoms with Gasteiger partial charge in [0, 0.05) is 24.0 Å². The molecule has 0 radical (unpaired) electrons. The van der Waals surface area contributed by atoms with Gasteiger partial charge in [0.05, 0.1) is 6.10 Å². The molecule has 2 heteroatoms. The zero-order valence-electron chi connectivity index (χ0n) is 14.0. The molecule has 0 amide bonds. The molecule has 1 heterocycles. The third-order valence-corrected chi connectivity index (χ3v) is 4.99. The molecule has 0 spiro atoms. The molecular formula is C18H31NO. The summed E-state index contributed by atoms with van der Waals surface area (Å²) in [7, 11) is 0. The van der Waals surface area contributed by atoms with Crippen molar-refractivity contribution in [3.63, 3.8) is 0 Å². The Kier molecular flexibility index (Phi) is 4.34. The number of fused-ring (bicyclic) bond motifs is 1. The van der Waals surface area contributed by atoms with E-state index >= 15 is 0 Å². The van der Waals surface area contributed by atoms with Crippen LogP contribution in [-0.2, 0) is 13.0 Å². The maximum absolute atomic E-state index is 10.3. The summed E-state index contributed by atoms with van der Waals surface area (Å²) in [6.45, 7) is 14.9. The predicted octanol–water partition coefficient (Wildman–Crippen LogP) is 4.42. The van der Waals surface area contributed by atoms with Gasteiger partial charge in [-0.3, -0.25) is 0 Å². The molecule has 1 aromatic heterocycles. The Morgan fingerprint density at radius 1 is 1.25 bits per heavy atom. The fourth-order valence-corrected chi connectivity index (χ4v) is 3.78. The minimum atomic E-state index is -0.286. The highest BCUT2D eigenvalue weighted by Crippen LogP contribution is 2.41. The summed E-state index contributed by atoms with van der Waals surface area (Å²) in [6, 6.07) is 2.13. The van der Waals surface area contributed by atoms with E-state index in [0.717, 1.165) is 24.9 Å². The molecule has 0 bridgehead atoms. The highest BCUT2D eigenvalue weighted by molar-refractivity contribution is 5.29. The average molecular weight is 277 g/mol. The second-order valence-electron chi connectivity index (χ2n) is 8.08. The largest absolute Gasteiger partial charge is 0.388 e. The van der Waals surface area contributed by atoms with Gasteiger partial charge in [-0.15, -0.1) is 0 Å². The number of hydrogen-bond acceptors (Lipinski definition) is 1. The van der Waals surface area contributed by atoms with Crippen LogP contribution < -0.4 is 0 Å². The minimum absolute atomic E-state index is 0.202. The van der Waals surface area contributed by atoms with Crippen LogP contribution in [0.25, 0.3) is 0 Å². The molecule has 1 aliphatic rings. The van der Waals surface area contributed by atoms with Gasteiger partial charge >= 0.3 is 0 Å². The predicted molar refractivity (Wildman–Crippen MR) is 84.7 cm³/mol. The van der Waals surface area contributed by atoms with Crippen LogP contribution in [0.4, 0.5) is 0 Å². The Balaban J connectivity index is 2.27. The number of rotatable bonds is 4. The Labute approximate surface area is 124 Å². The summed E-state index contributed by atoms with van der Waals surface area (Å²) >= 11 is 0. The molecule has 2 nitrogen and oxygen atoms in total. The number of nitrogens with zero attached hydrogens (tertiary/aromatic N) is 1. The van der Waals surface area contributed by atoms with Crippen LogP contribution >= 0.6 is 0 Å². The van der Waals surface area contributed by atoms with Crippen LogP contribution in [0, 0.1) is 23.2 Å². The average Bonchev–Trinajstić information content (AvgIpc) is 2.66. The van der Waals surface area contributed by atoms with Gasteiger partial charge in [-0.05, 0) is 42.1 Å². The first-order valence-corrected chi connectivity index (χ1v) is 8.07. The Morgan fingerprint density at radius 3 is 2.40 bits per heavy atom. The molecule has 20 heavy (non-hydrogen) atoms. The van der Waals surface area contributed by atoms with Crippen molar-refractivity contribution in [1.82, 2.24) is 4.57 Å². The van der Waals surface area contributed by atoms with Crippen molar-refractivity contribution >= 4 is 0 Å². The van der Waals surface area contributed by atoms with Gasteiger partial charge in [0.15, 0.2) is 0 Å². The summed E-state index contributed by atoms with van der Waals surface area (Å²) in [5.74, 6) is 2.07. The van der Waals surface area contributed by atoms with Crippen LogP contribution in [0.5, 0.6) is 0 Å².